The first-order chi connectivity index (χ1) is 20.0. The van der Waals surface area contributed by atoms with Gasteiger partial charge in [0.15, 0.2) is 28.6 Å². The van der Waals surface area contributed by atoms with Gasteiger partial charge in [0.05, 0.1) is 24.8 Å². The zero-order chi connectivity index (χ0) is 30.3. The summed E-state index contributed by atoms with van der Waals surface area (Å²) in [6.45, 7) is -0.788. The zero-order valence-corrected chi connectivity index (χ0v) is 21.9. The zero-order valence-electron chi connectivity index (χ0n) is 21.9. The van der Waals surface area contributed by atoms with E-state index in [1.807, 2.05) is 0 Å². The van der Waals surface area contributed by atoms with Gasteiger partial charge < -0.3 is 54.4 Å². The van der Waals surface area contributed by atoms with Crippen LogP contribution in [-0.4, -0.2) is 79.8 Å². The highest BCUT2D eigenvalue weighted by atomic mass is 16.6. The number of aromatic hydroxyl groups is 4. The van der Waals surface area contributed by atoms with Crippen molar-refractivity contribution in [2.45, 2.75) is 30.5 Å². The fourth-order valence-electron chi connectivity index (χ4n) is 4.82. The molecule has 3 aromatic carbocycles. The van der Waals surface area contributed by atoms with Crippen LogP contribution in [-0.2, 0) is 9.47 Å². The highest BCUT2D eigenvalue weighted by Gasteiger charge is 2.49. The van der Waals surface area contributed by atoms with E-state index in [0.29, 0.717) is 5.56 Å². The number of rotatable bonds is 6. The summed E-state index contributed by atoms with van der Waals surface area (Å²) in [4.78, 5) is 26.3. The number of aliphatic hydroxyl groups excluding tert-OH is 3. The number of ether oxygens (including phenoxy) is 3. The third-order valence-electron chi connectivity index (χ3n) is 6.96. The summed E-state index contributed by atoms with van der Waals surface area (Å²) in [5.74, 6) is -2.75. The Morgan fingerprint density at radius 1 is 0.905 bits per heavy atom. The summed E-state index contributed by atoms with van der Waals surface area (Å²) in [7, 11) is 1.27. The molecule has 0 spiro atoms. The summed E-state index contributed by atoms with van der Waals surface area (Å²) in [6, 6.07) is 11.1. The largest absolute Gasteiger partial charge is 0.508 e. The molecule has 5 rings (SSSR count). The Bertz CT molecular complexity index is 1700. The third-order valence-corrected chi connectivity index (χ3v) is 6.96. The van der Waals surface area contributed by atoms with Gasteiger partial charge in [0.1, 0.15) is 52.8 Å². The molecule has 2 heterocycles. The van der Waals surface area contributed by atoms with Crippen LogP contribution in [0, 0.1) is 0 Å². The number of esters is 1. The van der Waals surface area contributed by atoms with Gasteiger partial charge in [0.25, 0.3) is 0 Å². The molecule has 220 valence electrons. The molecular formula is C29H26O13. The number of aliphatic hydroxyl groups is 3. The summed E-state index contributed by atoms with van der Waals surface area (Å²) in [5, 5.41) is 72.1. The maximum absolute atomic E-state index is 13.1. The number of methoxy groups -OCH3 is 1. The summed E-state index contributed by atoms with van der Waals surface area (Å²) >= 11 is 0. The summed E-state index contributed by atoms with van der Waals surface area (Å²) < 4.78 is 22.3. The number of carbonyl (C=O) groups excluding carboxylic acids is 1. The Morgan fingerprint density at radius 3 is 2.29 bits per heavy atom. The van der Waals surface area contributed by atoms with Gasteiger partial charge in [-0.15, -0.1) is 0 Å². The first kappa shape index (κ1) is 28.7. The first-order valence-corrected chi connectivity index (χ1v) is 12.6. The van der Waals surface area contributed by atoms with E-state index in [-0.39, 0.29) is 45.1 Å². The molecule has 13 nitrogen and oxygen atoms in total. The van der Waals surface area contributed by atoms with Gasteiger partial charge in [0, 0.05) is 17.7 Å². The lowest BCUT2D eigenvalue weighted by atomic mass is 9.89. The average Bonchev–Trinajstić information content (AvgIpc) is 2.96. The molecule has 1 aliphatic rings. The fourth-order valence-corrected chi connectivity index (χ4v) is 4.82. The van der Waals surface area contributed by atoms with Crippen molar-refractivity contribution in [3.05, 3.63) is 75.9 Å². The molecule has 1 aromatic heterocycles. The molecule has 0 aliphatic carbocycles. The molecule has 5 unspecified atom stereocenters. The van der Waals surface area contributed by atoms with E-state index < -0.39 is 60.0 Å². The van der Waals surface area contributed by atoms with Crippen LogP contribution in [0.25, 0.3) is 22.3 Å². The number of carbonyl (C=O) groups is 1. The fraction of sp³-hybridized carbons (Fsp3) is 0.241. The van der Waals surface area contributed by atoms with E-state index in [0.717, 1.165) is 12.1 Å². The Morgan fingerprint density at radius 2 is 1.62 bits per heavy atom. The molecule has 0 amide bonds. The van der Waals surface area contributed by atoms with Crippen LogP contribution in [0.2, 0.25) is 0 Å². The Kier molecular flexibility index (Phi) is 7.67. The van der Waals surface area contributed by atoms with Crippen molar-refractivity contribution in [3.63, 3.8) is 0 Å². The van der Waals surface area contributed by atoms with E-state index in [9.17, 15) is 45.3 Å². The molecular weight excluding hydrogens is 556 g/mol. The van der Waals surface area contributed by atoms with Crippen molar-refractivity contribution >= 4 is 16.9 Å². The van der Waals surface area contributed by atoms with Gasteiger partial charge in [-0.05, 0) is 42.5 Å². The van der Waals surface area contributed by atoms with Crippen molar-refractivity contribution in [2.75, 3.05) is 13.7 Å². The van der Waals surface area contributed by atoms with Crippen molar-refractivity contribution in [3.8, 4) is 40.1 Å². The molecule has 1 saturated heterocycles. The van der Waals surface area contributed by atoms with Crippen LogP contribution in [0.15, 0.2) is 63.8 Å². The van der Waals surface area contributed by atoms with Crippen molar-refractivity contribution in [1.82, 2.24) is 0 Å². The lowest BCUT2D eigenvalue weighted by Gasteiger charge is -2.42. The number of hydrogen-bond acceptors (Lipinski definition) is 13. The minimum atomic E-state index is -1.88. The molecule has 7 N–H and O–H groups in total. The van der Waals surface area contributed by atoms with Gasteiger partial charge in [-0.25, -0.2) is 4.79 Å². The highest BCUT2D eigenvalue weighted by Crippen LogP contribution is 2.45. The van der Waals surface area contributed by atoms with E-state index in [4.69, 9.17) is 18.6 Å². The predicted molar refractivity (Wildman–Crippen MR) is 143 cm³/mol. The van der Waals surface area contributed by atoms with Crippen LogP contribution in [0.3, 0.4) is 0 Å². The SMILES string of the molecule is COc1cc(C(=O)OC2C(c3c(O)cc(O)c4c(=O)cc(-c5ccc(O)cc5)oc34)OC(CO)C(O)C2O)ccc1O. The monoisotopic (exact) mass is 582 g/mol. The van der Waals surface area contributed by atoms with Crippen molar-refractivity contribution in [1.29, 1.82) is 0 Å². The number of phenols is 4. The summed E-state index contributed by atoms with van der Waals surface area (Å²) in [6.07, 6.45) is -8.45. The first-order valence-electron chi connectivity index (χ1n) is 12.6. The van der Waals surface area contributed by atoms with Crippen LogP contribution in [0.5, 0.6) is 28.7 Å². The Labute approximate surface area is 236 Å². The topological polar surface area (TPSA) is 217 Å². The molecule has 5 atom stereocenters. The second-order valence-electron chi connectivity index (χ2n) is 9.57. The predicted octanol–water partition coefficient (Wildman–Crippen LogP) is 1.67. The van der Waals surface area contributed by atoms with Gasteiger partial charge in [-0.2, -0.15) is 0 Å². The van der Waals surface area contributed by atoms with Crippen LogP contribution in [0.4, 0.5) is 0 Å². The van der Waals surface area contributed by atoms with E-state index in [1.165, 1.54) is 49.6 Å². The van der Waals surface area contributed by atoms with Crippen molar-refractivity contribution < 1.29 is 59.2 Å². The molecule has 1 aliphatic heterocycles. The van der Waals surface area contributed by atoms with Crippen LogP contribution >= 0.6 is 0 Å². The number of phenolic OH excluding ortho intramolecular Hbond substituents is 4. The van der Waals surface area contributed by atoms with Crippen molar-refractivity contribution in [2.24, 2.45) is 0 Å². The number of benzene rings is 3. The van der Waals surface area contributed by atoms with E-state index in [1.54, 1.807) is 0 Å². The third kappa shape index (κ3) is 5.05. The van der Waals surface area contributed by atoms with Gasteiger partial charge in [-0.1, -0.05) is 0 Å². The molecule has 1 fully saturated rings. The normalized spacial score (nSPS) is 22.1. The van der Waals surface area contributed by atoms with Crippen LogP contribution < -0.4 is 10.2 Å². The van der Waals surface area contributed by atoms with E-state index in [2.05, 4.69) is 0 Å². The maximum Gasteiger partial charge on any atom is 0.338 e. The Balaban J connectivity index is 1.67. The second-order valence-corrected chi connectivity index (χ2v) is 9.57. The second kappa shape index (κ2) is 11.2. The molecule has 13 heteroatoms. The molecule has 0 bridgehead atoms. The maximum atomic E-state index is 13.1. The van der Waals surface area contributed by atoms with E-state index >= 15 is 0 Å². The molecule has 4 aromatic rings. The molecule has 42 heavy (non-hydrogen) atoms. The standard InChI is InChI=1S/C29H26O13/c1-39-20-8-13(4-7-15(20)32)29(38)42-28-25(37)24(36)21(11-30)41-27(28)23-17(34)9-16(33)22-18(35)10-19(40-26(22)23)12-2-5-14(31)6-3-12/h2-10,21,24-25,27-28,30-34,36-37H,11H2,1H3. The van der Waals surface area contributed by atoms with Gasteiger partial charge >= 0.3 is 5.97 Å². The minimum Gasteiger partial charge on any atom is -0.508 e. The lowest BCUT2D eigenvalue weighted by Crippen LogP contribution is -2.56. The molecule has 0 saturated carbocycles. The quantitative estimate of drug-likeness (QED) is 0.161. The highest BCUT2D eigenvalue weighted by molar-refractivity contribution is 5.91. The summed E-state index contributed by atoms with van der Waals surface area (Å²) in [5.41, 5.74) is -1.21. The average molecular weight is 583 g/mol. The molecule has 0 radical (unpaired) electrons. The lowest BCUT2D eigenvalue weighted by molar-refractivity contribution is -0.231. The number of fused-ring (bicyclic) bond motifs is 1. The smallest absolute Gasteiger partial charge is 0.338 e. The Hall–Kier alpha value is -4.82. The van der Waals surface area contributed by atoms with Crippen LogP contribution in [0.1, 0.15) is 22.0 Å². The van der Waals surface area contributed by atoms with Gasteiger partial charge in [-0.3, -0.25) is 4.79 Å². The number of hydrogen-bond donors (Lipinski definition) is 7. The van der Waals surface area contributed by atoms with Gasteiger partial charge in [0.2, 0.25) is 0 Å². The minimum absolute atomic E-state index is 0.0291.